The van der Waals surface area contributed by atoms with Crippen LogP contribution in [0.4, 0.5) is 4.39 Å². The SMILES string of the molecule is COc1ccc(CN2CCN(C(=O)CNC(=O)c3ccc(C)c(C)c3)CC2)cc1F. The first kappa shape index (κ1) is 21.8. The van der Waals surface area contributed by atoms with E-state index in [9.17, 15) is 14.0 Å². The van der Waals surface area contributed by atoms with Gasteiger partial charge in [0.1, 0.15) is 0 Å². The Morgan fingerprint density at radius 3 is 2.40 bits per heavy atom. The van der Waals surface area contributed by atoms with E-state index >= 15 is 0 Å². The zero-order chi connectivity index (χ0) is 21.7. The normalized spacial score (nSPS) is 14.5. The molecule has 1 fully saturated rings. The van der Waals surface area contributed by atoms with Gasteiger partial charge in [0.15, 0.2) is 11.6 Å². The van der Waals surface area contributed by atoms with E-state index in [0.717, 1.165) is 16.7 Å². The average molecular weight is 413 g/mol. The molecule has 1 aliphatic heterocycles. The second-order valence-electron chi connectivity index (χ2n) is 7.61. The Labute approximate surface area is 176 Å². The van der Waals surface area contributed by atoms with E-state index in [1.807, 2.05) is 32.0 Å². The fraction of sp³-hybridized carbons (Fsp3) is 0.391. The van der Waals surface area contributed by atoms with Gasteiger partial charge in [-0.3, -0.25) is 14.5 Å². The molecule has 1 N–H and O–H groups in total. The van der Waals surface area contributed by atoms with Crippen molar-refractivity contribution in [3.05, 3.63) is 64.5 Å². The molecule has 0 saturated carbocycles. The maximum atomic E-state index is 13.9. The van der Waals surface area contributed by atoms with Gasteiger partial charge in [-0.15, -0.1) is 0 Å². The van der Waals surface area contributed by atoms with E-state index in [1.165, 1.54) is 13.2 Å². The van der Waals surface area contributed by atoms with Gasteiger partial charge in [0, 0.05) is 38.3 Å². The van der Waals surface area contributed by atoms with Gasteiger partial charge in [-0.2, -0.15) is 0 Å². The summed E-state index contributed by atoms with van der Waals surface area (Å²) >= 11 is 0. The van der Waals surface area contributed by atoms with Gasteiger partial charge < -0.3 is 15.0 Å². The van der Waals surface area contributed by atoms with Crippen LogP contribution in [0.5, 0.6) is 5.75 Å². The number of benzene rings is 2. The molecule has 0 atom stereocenters. The monoisotopic (exact) mass is 413 g/mol. The highest BCUT2D eigenvalue weighted by Gasteiger charge is 2.22. The third-order valence-corrected chi connectivity index (χ3v) is 5.52. The molecule has 1 saturated heterocycles. The second-order valence-corrected chi connectivity index (χ2v) is 7.61. The number of piperazine rings is 1. The Morgan fingerprint density at radius 2 is 1.77 bits per heavy atom. The summed E-state index contributed by atoms with van der Waals surface area (Å²) in [5, 5.41) is 2.71. The first-order valence-corrected chi connectivity index (χ1v) is 10.1. The van der Waals surface area contributed by atoms with Crippen LogP contribution in [0.3, 0.4) is 0 Å². The number of carbonyl (C=O) groups is 2. The quantitative estimate of drug-likeness (QED) is 0.791. The Hall–Kier alpha value is -2.93. The van der Waals surface area contributed by atoms with Crippen molar-refractivity contribution in [2.24, 2.45) is 0 Å². The lowest BCUT2D eigenvalue weighted by Gasteiger charge is -2.34. The number of hydrogen-bond donors (Lipinski definition) is 1. The van der Waals surface area contributed by atoms with Crippen LogP contribution in [-0.2, 0) is 11.3 Å². The van der Waals surface area contributed by atoms with Gasteiger partial charge in [0.05, 0.1) is 13.7 Å². The van der Waals surface area contributed by atoms with Gasteiger partial charge in [0.25, 0.3) is 5.91 Å². The molecule has 0 spiro atoms. The Morgan fingerprint density at radius 1 is 1.03 bits per heavy atom. The van der Waals surface area contributed by atoms with E-state index in [1.54, 1.807) is 17.0 Å². The third kappa shape index (κ3) is 5.36. The summed E-state index contributed by atoms with van der Waals surface area (Å²) in [5.74, 6) is -0.478. The molecular formula is C23H28FN3O3. The molecule has 2 amide bonds. The highest BCUT2D eigenvalue weighted by Crippen LogP contribution is 2.19. The van der Waals surface area contributed by atoms with E-state index < -0.39 is 0 Å². The molecule has 6 nitrogen and oxygen atoms in total. The van der Waals surface area contributed by atoms with Crippen LogP contribution in [0.2, 0.25) is 0 Å². The topological polar surface area (TPSA) is 61.9 Å². The fourth-order valence-corrected chi connectivity index (χ4v) is 3.47. The number of ether oxygens (including phenoxy) is 1. The van der Waals surface area contributed by atoms with Crippen molar-refractivity contribution in [3.63, 3.8) is 0 Å². The number of halogens is 1. The van der Waals surface area contributed by atoms with Crippen molar-refractivity contribution in [1.82, 2.24) is 15.1 Å². The predicted molar refractivity (Wildman–Crippen MR) is 113 cm³/mol. The molecule has 3 rings (SSSR count). The molecule has 0 unspecified atom stereocenters. The van der Waals surface area contributed by atoms with Crippen LogP contribution in [0.25, 0.3) is 0 Å². The smallest absolute Gasteiger partial charge is 0.251 e. The summed E-state index contributed by atoms with van der Waals surface area (Å²) in [6.45, 7) is 7.10. The molecular weight excluding hydrogens is 385 g/mol. The van der Waals surface area contributed by atoms with Crippen molar-refractivity contribution in [2.45, 2.75) is 20.4 Å². The summed E-state index contributed by atoms with van der Waals surface area (Å²) in [5.41, 5.74) is 3.59. The van der Waals surface area contributed by atoms with Gasteiger partial charge in [0.2, 0.25) is 5.91 Å². The standard InChI is InChI=1S/C23H28FN3O3/c1-16-4-6-19(12-17(16)2)23(29)25-14-22(28)27-10-8-26(9-11-27)15-18-5-7-21(30-3)20(24)13-18/h4-7,12-13H,8-11,14-15H2,1-3H3,(H,25,29). The van der Waals surface area contributed by atoms with Crippen molar-refractivity contribution in [1.29, 1.82) is 0 Å². The largest absolute Gasteiger partial charge is 0.494 e. The lowest BCUT2D eigenvalue weighted by Crippen LogP contribution is -2.50. The highest BCUT2D eigenvalue weighted by atomic mass is 19.1. The number of carbonyl (C=O) groups excluding carboxylic acids is 2. The van der Waals surface area contributed by atoms with Crippen LogP contribution in [-0.4, -0.2) is 61.4 Å². The zero-order valence-electron chi connectivity index (χ0n) is 17.7. The number of rotatable bonds is 6. The first-order valence-electron chi connectivity index (χ1n) is 10.1. The Balaban J connectivity index is 1.45. The molecule has 160 valence electrons. The van der Waals surface area contributed by atoms with Crippen LogP contribution in [0.1, 0.15) is 27.0 Å². The fourth-order valence-electron chi connectivity index (χ4n) is 3.47. The van der Waals surface area contributed by atoms with Crippen molar-refractivity contribution < 1.29 is 18.7 Å². The van der Waals surface area contributed by atoms with Gasteiger partial charge in [-0.25, -0.2) is 4.39 Å². The molecule has 30 heavy (non-hydrogen) atoms. The van der Waals surface area contributed by atoms with Crippen molar-refractivity contribution >= 4 is 11.8 Å². The lowest BCUT2D eigenvalue weighted by atomic mass is 10.1. The number of amides is 2. The maximum Gasteiger partial charge on any atom is 0.251 e. The van der Waals surface area contributed by atoms with E-state index in [4.69, 9.17) is 4.74 Å². The number of nitrogens with zero attached hydrogens (tertiary/aromatic N) is 2. The number of aryl methyl sites for hydroxylation is 2. The van der Waals surface area contributed by atoms with Crippen LogP contribution in [0, 0.1) is 19.7 Å². The number of nitrogens with one attached hydrogen (secondary N) is 1. The molecule has 1 aliphatic rings. The number of hydrogen-bond acceptors (Lipinski definition) is 4. The maximum absolute atomic E-state index is 13.9. The summed E-state index contributed by atoms with van der Waals surface area (Å²) < 4.78 is 18.8. The molecule has 1 heterocycles. The van der Waals surface area contributed by atoms with Crippen LogP contribution < -0.4 is 10.1 Å². The number of methoxy groups -OCH3 is 1. The van der Waals surface area contributed by atoms with Crippen molar-refractivity contribution in [2.75, 3.05) is 39.8 Å². The van der Waals surface area contributed by atoms with Gasteiger partial charge in [-0.05, 0) is 54.8 Å². The van der Waals surface area contributed by atoms with E-state index in [2.05, 4.69) is 10.2 Å². The van der Waals surface area contributed by atoms with Gasteiger partial charge >= 0.3 is 0 Å². The Kier molecular flexibility index (Phi) is 7.05. The lowest BCUT2D eigenvalue weighted by molar-refractivity contribution is -0.131. The van der Waals surface area contributed by atoms with Crippen LogP contribution in [0.15, 0.2) is 36.4 Å². The van der Waals surface area contributed by atoms with Crippen molar-refractivity contribution in [3.8, 4) is 5.75 Å². The van der Waals surface area contributed by atoms with Crippen LogP contribution >= 0.6 is 0 Å². The molecule has 7 heteroatoms. The first-order chi connectivity index (χ1) is 14.4. The summed E-state index contributed by atoms with van der Waals surface area (Å²) in [6, 6.07) is 10.5. The summed E-state index contributed by atoms with van der Waals surface area (Å²) in [7, 11) is 1.44. The molecule has 2 aromatic carbocycles. The molecule has 0 radical (unpaired) electrons. The van der Waals surface area contributed by atoms with E-state index in [0.29, 0.717) is 38.3 Å². The summed E-state index contributed by atoms with van der Waals surface area (Å²) in [6.07, 6.45) is 0. The second kappa shape index (κ2) is 9.71. The molecule has 0 aliphatic carbocycles. The van der Waals surface area contributed by atoms with Gasteiger partial charge in [-0.1, -0.05) is 12.1 Å². The zero-order valence-corrected chi connectivity index (χ0v) is 17.7. The minimum atomic E-state index is -0.372. The minimum Gasteiger partial charge on any atom is -0.494 e. The molecule has 2 aromatic rings. The minimum absolute atomic E-state index is 0.0184. The average Bonchev–Trinajstić information content (AvgIpc) is 2.74. The Bertz CT molecular complexity index is 924. The molecule has 0 bridgehead atoms. The summed E-state index contributed by atoms with van der Waals surface area (Å²) in [4.78, 5) is 28.7. The highest BCUT2D eigenvalue weighted by molar-refractivity contribution is 5.96. The molecule has 0 aromatic heterocycles. The predicted octanol–water partition coefficient (Wildman–Crippen LogP) is 2.53. The third-order valence-electron chi connectivity index (χ3n) is 5.52. The van der Waals surface area contributed by atoms with E-state index in [-0.39, 0.29) is 29.9 Å².